The number of carboxylic acid groups (broad SMARTS) is 1. The molecule has 1 heterocycles. The number of non-ortho nitro benzene ring substituents is 1. The van der Waals surface area contributed by atoms with E-state index in [0.29, 0.717) is 0 Å². The van der Waals surface area contributed by atoms with Gasteiger partial charge in [-0.1, -0.05) is 20.8 Å². The fourth-order valence-corrected chi connectivity index (χ4v) is 2.56. The molecule has 2 rings (SSSR count). The number of nitro benzene ring substituents is 1. The number of nitrogens with zero attached hydrogens (tertiary/aromatic N) is 2. The molecule has 0 spiro atoms. The van der Waals surface area contributed by atoms with E-state index in [1.807, 2.05) is 0 Å². The number of amides is 1. The number of benzene rings is 1. The molecule has 0 saturated carbocycles. The minimum atomic E-state index is -1.16. The van der Waals surface area contributed by atoms with Crippen LogP contribution in [-0.2, 0) is 9.59 Å². The number of ether oxygens (including phenoxy) is 1. The third kappa shape index (κ3) is 2.96. The standard InChI is InChI=1S/C15H18N2O6/c1-4-10(15(19)20)16-11-7-9(17(21)22)5-6-12(11)23-13(8(2)3)14(16)18/h5-8,10,13H,4H2,1-3H3,(H,19,20). The molecule has 0 bridgehead atoms. The van der Waals surface area contributed by atoms with E-state index >= 15 is 0 Å². The first-order valence-electron chi connectivity index (χ1n) is 7.28. The van der Waals surface area contributed by atoms with E-state index in [2.05, 4.69) is 0 Å². The second-order valence-electron chi connectivity index (χ2n) is 5.66. The first-order chi connectivity index (χ1) is 10.8. The quantitative estimate of drug-likeness (QED) is 0.657. The maximum absolute atomic E-state index is 12.7. The van der Waals surface area contributed by atoms with Crippen LogP contribution in [0.2, 0.25) is 0 Å². The van der Waals surface area contributed by atoms with Gasteiger partial charge in [0.05, 0.1) is 10.6 Å². The normalized spacial score (nSPS) is 18.3. The summed E-state index contributed by atoms with van der Waals surface area (Å²) in [7, 11) is 0. The average molecular weight is 322 g/mol. The number of rotatable bonds is 5. The van der Waals surface area contributed by atoms with Crippen LogP contribution < -0.4 is 9.64 Å². The molecule has 2 unspecified atom stereocenters. The van der Waals surface area contributed by atoms with Crippen LogP contribution >= 0.6 is 0 Å². The number of nitro groups is 1. The third-order valence-electron chi connectivity index (χ3n) is 3.74. The molecule has 0 aliphatic carbocycles. The molecule has 23 heavy (non-hydrogen) atoms. The Morgan fingerprint density at radius 2 is 2.13 bits per heavy atom. The first-order valence-corrected chi connectivity index (χ1v) is 7.28. The molecule has 1 N–H and O–H groups in total. The maximum Gasteiger partial charge on any atom is 0.326 e. The molecule has 0 aromatic heterocycles. The number of carboxylic acids is 1. The van der Waals surface area contributed by atoms with Gasteiger partial charge in [-0.25, -0.2) is 4.79 Å². The van der Waals surface area contributed by atoms with Crippen LogP contribution in [0.5, 0.6) is 5.75 Å². The highest BCUT2D eigenvalue weighted by atomic mass is 16.6. The van der Waals surface area contributed by atoms with Crippen LogP contribution in [0.25, 0.3) is 0 Å². The summed E-state index contributed by atoms with van der Waals surface area (Å²) in [5.41, 5.74) is -0.108. The van der Waals surface area contributed by atoms with Crippen molar-refractivity contribution >= 4 is 23.3 Å². The van der Waals surface area contributed by atoms with Crippen LogP contribution in [0.1, 0.15) is 27.2 Å². The molecular formula is C15H18N2O6. The molecule has 1 aliphatic heterocycles. The zero-order chi connectivity index (χ0) is 17.3. The number of anilines is 1. The van der Waals surface area contributed by atoms with Gasteiger partial charge in [-0.05, 0) is 18.4 Å². The largest absolute Gasteiger partial charge is 0.480 e. The molecule has 8 heteroatoms. The van der Waals surface area contributed by atoms with E-state index in [1.165, 1.54) is 18.2 Å². The Morgan fingerprint density at radius 1 is 1.48 bits per heavy atom. The van der Waals surface area contributed by atoms with E-state index in [-0.39, 0.29) is 29.5 Å². The molecule has 1 aromatic carbocycles. The van der Waals surface area contributed by atoms with Gasteiger partial charge >= 0.3 is 5.97 Å². The minimum absolute atomic E-state index is 0.121. The van der Waals surface area contributed by atoms with Crippen molar-refractivity contribution in [2.24, 2.45) is 5.92 Å². The van der Waals surface area contributed by atoms with Crippen LogP contribution in [0.15, 0.2) is 18.2 Å². The lowest BCUT2D eigenvalue weighted by atomic mass is 10.0. The van der Waals surface area contributed by atoms with Gasteiger partial charge in [0.1, 0.15) is 11.8 Å². The van der Waals surface area contributed by atoms with Crippen molar-refractivity contribution in [3.63, 3.8) is 0 Å². The van der Waals surface area contributed by atoms with Gasteiger partial charge in [0, 0.05) is 12.1 Å². The highest BCUT2D eigenvalue weighted by molar-refractivity contribution is 6.04. The van der Waals surface area contributed by atoms with Gasteiger partial charge in [-0.2, -0.15) is 0 Å². The number of carbonyl (C=O) groups excluding carboxylic acids is 1. The fourth-order valence-electron chi connectivity index (χ4n) is 2.56. The molecule has 1 aliphatic rings. The van der Waals surface area contributed by atoms with Crippen molar-refractivity contribution in [1.29, 1.82) is 0 Å². The summed E-state index contributed by atoms with van der Waals surface area (Å²) in [5.74, 6) is -1.56. The van der Waals surface area contributed by atoms with E-state index in [0.717, 1.165) is 4.90 Å². The Hall–Kier alpha value is -2.64. The lowest BCUT2D eigenvalue weighted by Crippen LogP contribution is -2.54. The maximum atomic E-state index is 12.7. The topological polar surface area (TPSA) is 110 Å². The number of aliphatic carboxylic acids is 1. The van der Waals surface area contributed by atoms with Crippen molar-refractivity contribution in [1.82, 2.24) is 0 Å². The van der Waals surface area contributed by atoms with Gasteiger partial charge in [-0.15, -0.1) is 0 Å². The average Bonchev–Trinajstić information content (AvgIpc) is 2.48. The summed E-state index contributed by atoms with van der Waals surface area (Å²) in [6.07, 6.45) is -0.647. The van der Waals surface area contributed by atoms with E-state index in [1.54, 1.807) is 20.8 Å². The number of hydrogen-bond donors (Lipinski definition) is 1. The summed E-state index contributed by atoms with van der Waals surface area (Å²) in [6, 6.07) is 2.74. The van der Waals surface area contributed by atoms with Crippen molar-refractivity contribution < 1.29 is 24.4 Å². The molecule has 8 nitrogen and oxygen atoms in total. The second-order valence-corrected chi connectivity index (χ2v) is 5.66. The molecule has 2 atom stereocenters. The summed E-state index contributed by atoms with van der Waals surface area (Å²) in [6.45, 7) is 5.22. The molecule has 1 amide bonds. The number of fused-ring (bicyclic) bond motifs is 1. The monoisotopic (exact) mass is 322 g/mol. The molecule has 0 radical (unpaired) electrons. The highest BCUT2D eigenvalue weighted by Crippen LogP contribution is 2.39. The predicted molar refractivity (Wildman–Crippen MR) is 81.6 cm³/mol. The van der Waals surface area contributed by atoms with Gasteiger partial charge in [0.25, 0.3) is 11.6 Å². The van der Waals surface area contributed by atoms with Crippen LogP contribution in [-0.4, -0.2) is 34.1 Å². The Labute approximate surface area is 132 Å². The smallest absolute Gasteiger partial charge is 0.326 e. The van der Waals surface area contributed by atoms with Gasteiger partial charge in [-0.3, -0.25) is 19.8 Å². The number of carbonyl (C=O) groups is 2. The zero-order valence-corrected chi connectivity index (χ0v) is 13.1. The molecule has 124 valence electrons. The Bertz CT molecular complexity index is 657. The predicted octanol–water partition coefficient (Wildman–Crippen LogP) is 2.21. The summed E-state index contributed by atoms with van der Waals surface area (Å²) < 4.78 is 5.64. The van der Waals surface area contributed by atoms with Gasteiger partial charge in [0.2, 0.25) is 0 Å². The zero-order valence-electron chi connectivity index (χ0n) is 13.1. The summed E-state index contributed by atoms with van der Waals surface area (Å²) >= 11 is 0. The Balaban J connectivity index is 2.61. The van der Waals surface area contributed by atoms with Crippen molar-refractivity contribution in [2.75, 3.05) is 4.90 Å². The number of hydrogen-bond acceptors (Lipinski definition) is 5. The Kier molecular flexibility index (Phi) is 4.53. The van der Waals surface area contributed by atoms with Crippen LogP contribution in [0, 0.1) is 16.0 Å². The van der Waals surface area contributed by atoms with Crippen LogP contribution in [0.3, 0.4) is 0 Å². The molecule has 1 aromatic rings. The van der Waals surface area contributed by atoms with E-state index < -0.39 is 28.9 Å². The second kappa shape index (κ2) is 6.23. The molecule has 0 saturated heterocycles. The lowest BCUT2D eigenvalue weighted by molar-refractivity contribution is -0.384. The van der Waals surface area contributed by atoms with E-state index in [4.69, 9.17) is 4.74 Å². The van der Waals surface area contributed by atoms with Gasteiger partial charge in [0.15, 0.2) is 6.10 Å². The van der Waals surface area contributed by atoms with Crippen molar-refractivity contribution in [3.05, 3.63) is 28.3 Å². The minimum Gasteiger partial charge on any atom is -0.480 e. The lowest BCUT2D eigenvalue weighted by Gasteiger charge is -2.38. The highest BCUT2D eigenvalue weighted by Gasteiger charge is 2.42. The van der Waals surface area contributed by atoms with Crippen LogP contribution in [0.4, 0.5) is 11.4 Å². The Morgan fingerprint density at radius 3 is 2.61 bits per heavy atom. The molecule has 0 fully saturated rings. The summed E-state index contributed by atoms with van der Waals surface area (Å²) in [4.78, 5) is 35.7. The fraction of sp³-hybridized carbons (Fsp3) is 0.467. The third-order valence-corrected chi connectivity index (χ3v) is 3.74. The molecular weight excluding hydrogens is 304 g/mol. The summed E-state index contributed by atoms with van der Waals surface area (Å²) in [5, 5.41) is 20.4. The van der Waals surface area contributed by atoms with Crippen molar-refractivity contribution in [3.8, 4) is 5.75 Å². The first kappa shape index (κ1) is 16.7. The van der Waals surface area contributed by atoms with E-state index in [9.17, 15) is 24.8 Å². The van der Waals surface area contributed by atoms with Crippen molar-refractivity contribution in [2.45, 2.75) is 39.3 Å². The SMILES string of the molecule is CCC(C(=O)O)N1C(=O)C(C(C)C)Oc2ccc([N+](=O)[O-])cc21. The van der Waals surface area contributed by atoms with Gasteiger partial charge < -0.3 is 9.84 Å².